The Morgan fingerprint density at radius 1 is 1.16 bits per heavy atom. The number of pyridine rings is 1. The second-order valence-corrected chi connectivity index (χ2v) is 5.74. The summed E-state index contributed by atoms with van der Waals surface area (Å²) in [4.78, 5) is 16.5. The van der Waals surface area contributed by atoms with E-state index in [1.165, 1.54) is 0 Å². The van der Waals surface area contributed by atoms with Gasteiger partial charge in [0.05, 0.1) is 17.4 Å². The fourth-order valence-electron chi connectivity index (χ4n) is 2.26. The van der Waals surface area contributed by atoms with E-state index in [9.17, 15) is 4.79 Å². The van der Waals surface area contributed by atoms with E-state index in [4.69, 9.17) is 24.2 Å². The molecule has 0 aliphatic carbocycles. The average molecular weight is 349 g/mol. The maximum absolute atomic E-state index is 12.6. The molecule has 0 saturated carbocycles. The van der Waals surface area contributed by atoms with Crippen LogP contribution in [0, 0.1) is 0 Å². The van der Waals surface area contributed by atoms with Crippen molar-refractivity contribution in [2.75, 3.05) is 5.32 Å². The van der Waals surface area contributed by atoms with E-state index in [1.54, 1.807) is 48.8 Å². The van der Waals surface area contributed by atoms with Crippen molar-refractivity contribution < 1.29 is 9.53 Å². The van der Waals surface area contributed by atoms with Gasteiger partial charge in [0.1, 0.15) is 20.2 Å². The lowest BCUT2D eigenvalue weighted by atomic mass is 9.93. The van der Waals surface area contributed by atoms with E-state index < -0.39 is 0 Å². The summed E-state index contributed by atoms with van der Waals surface area (Å²) in [5, 5.41) is 3.38. The molecular weight excluding hydrogens is 334 g/mol. The second kappa shape index (κ2) is 7.86. The lowest BCUT2D eigenvalue weighted by Crippen LogP contribution is -2.17. The minimum Gasteiger partial charge on any atom is -0.488 e. The summed E-state index contributed by atoms with van der Waals surface area (Å²) in [5.41, 5.74) is 2.24. The van der Waals surface area contributed by atoms with Crippen LogP contribution in [0.1, 0.15) is 15.9 Å². The van der Waals surface area contributed by atoms with E-state index >= 15 is 0 Å². The first-order chi connectivity index (χ1) is 12.1. The number of ether oxygens (including phenoxy) is 1. The standard InChI is InChI=1S/C19H14BClN2O2/c20-14-7-8-18(25-12-13-4-1-2-6-17(13)21)16(10-14)19(24)23-15-5-3-9-22-11-15/h1-11H,12H2,(H,23,24). The molecule has 4 nitrogen and oxygen atoms in total. The van der Waals surface area contributed by atoms with Crippen LogP contribution in [0.15, 0.2) is 67.0 Å². The van der Waals surface area contributed by atoms with E-state index in [2.05, 4.69) is 10.3 Å². The number of carbonyl (C=O) groups excluding carboxylic acids is 1. The lowest BCUT2D eigenvalue weighted by molar-refractivity contribution is 0.102. The van der Waals surface area contributed by atoms with Crippen molar-refractivity contribution in [3.05, 3.63) is 83.1 Å². The average Bonchev–Trinajstić information content (AvgIpc) is 2.62. The van der Waals surface area contributed by atoms with E-state index in [-0.39, 0.29) is 12.5 Å². The zero-order chi connectivity index (χ0) is 17.6. The van der Waals surface area contributed by atoms with Gasteiger partial charge in [0.2, 0.25) is 0 Å². The number of amides is 1. The Bertz CT molecular complexity index is 888. The van der Waals surface area contributed by atoms with E-state index in [0.717, 1.165) is 5.56 Å². The first-order valence-corrected chi connectivity index (χ1v) is 7.98. The molecule has 0 aliphatic heterocycles. The summed E-state index contributed by atoms with van der Waals surface area (Å²) in [7, 11) is 5.82. The summed E-state index contributed by atoms with van der Waals surface area (Å²) in [6, 6.07) is 15.8. The van der Waals surface area contributed by atoms with Gasteiger partial charge in [-0.05, 0) is 24.3 Å². The van der Waals surface area contributed by atoms with E-state index in [1.807, 2.05) is 18.2 Å². The molecule has 0 spiro atoms. The number of nitrogens with one attached hydrogen (secondary N) is 1. The molecule has 1 amide bonds. The maximum atomic E-state index is 12.6. The number of nitrogens with zero attached hydrogens (tertiary/aromatic N) is 1. The number of hydrogen-bond donors (Lipinski definition) is 1. The van der Waals surface area contributed by atoms with Gasteiger partial charge in [-0.1, -0.05) is 47.4 Å². The van der Waals surface area contributed by atoms with Gasteiger partial charge in [-0.15, -0.1) is 0 Å². The Labute approximate surface area is 152 Å². The molecule has 2 aromatic carbocycles. The van der Waals surface area contributed by atoms with Gasteiger partial charge in [-0.25, -0.2) is 0 Å². The van der Waals surface area contributed by atoms with Gasteiger partial charge in [-0.2, -0.15) is 0 Å². The fourth-order valence-corrected chi connectivity index (χ4v) is 2.45. The van der Waals surface area contributed by atoms with Gasteiger partial charge in [0.15, 0.2) is 0 Å². The molecule has 3 aromatic rings. The summed E-state index contributed by atoms with van der Waals surface area (Å²) >= 11 is 6.14. The zero-order valence-corrected chi connectivity index (χ0v) is 14.0. The van der Waals surface area contributed by atoms with Crippen molar-refractivity contribution in [3.63, 3.8) is 0 Å². The smallest absolute Gasteiger partial charge is 0.259 e. The highest BCUT2D eigenvalue weighted by atomic mass is 35.5. The third-order valence-electron chi connectivity index (χ3n) is 3.51. The Kier molecular flexibility index (Phi) is 5.36. The Morgan fingerprint density at radius 2 is 2.00 bits per heavy atom. The molecule has 122 valence electrons. The number of hydrogen-bond acceptors (Lipinski definition) is 3. The first kappa shape index (κ1) is 17.1. The monoisotopic (exact) mass is 348 g/mol. The van der Waals surface area contributed by atoms with Crippen molar-refractivity contribution >= 4 is 36.5 Å². The van der Waals surface area contributed by atoms with Gasteiger partial charge < -0.3 is 10.1 Å². The van der Waals surface area contributed by atoms with Crippen LogP contribution in [0.3, 0.4) is 0 Å². The van der Waals surface area contributed by atoms with Crippen LogP contribution >= 0.6 is 11.6 Å². The number of carbonyl (C=O) groups is 1. The number of benzene rings is 2. The van der Waals surface area contributed by atoms with Gasteiger partial charge >= 0.3 is 0 Å². The minimum absolute atomic E-state index is 0.247. The van der Waals surface area contributed by atoms with Crippen LogP contribution in [-0.4, -0.2) is 18.7 Å². The predicted octanol–water partition coefficient (Wildman–Crippen LogP) is 3.36. The molecule has 0 unspecified atom stereocenters. The molecule has 0 fully saturated rings. The second-order valence-electron chi connectivity index (χ2n) is 5.33. The Balaban J connectivity index is 1.80. The molecule has 25 heavy (non-hydrogen) atoms. The SMILES string of the molecule is [B]c1ccc(OCc2ccccc2Cl)c(C(=O)Nc2cccnc2)c1. The maximum Gasteiger partial charge on any atom is 0.259 e. The fraction of sp³-hybridized carbons (Fsp3) is 0.0526. The Hall–Kier alpha value is -2.79. The van der Waals surface area contributed by atoms with E-state index in [0.29, 0.717) is 27.5 Å². The van der Waals surface area contributed by atoms with Gasteiger partial charge in [-0.3, -0.25) is 9.78 Å². The largest absolute Gasteiger partial charge is 0.488 e. The third-order valence-corrected chi connectivity index (χ3v) is 3.88. The van der Waals surface area contributed by atoms with Crippen LogP contribution < -0.4 is 15.5 Å². The topological polar surface area (TPSA) is 51.2 Å². The van der Waals surface area contributed by atoms with Crippen LogP contribution in [0.2, 0.25) is 5.02 Å². The normalized spacial score (nSPS) is 10.3. The quantitative estimate of drug-likeness (QED) is 0.719. The zero-order valence-electron chi connectivity index (χ0n) is 13.3. The molecule has 0 atom stereocenters. The van der Waals surface area contributed by atoms with Crippen molar-refractivity contribution in [3.8, 4) is 5.75 Å². The number of anilines is 1. The van der Waals surface area contributed by atoms with Crippen molar-refractivity contribution in [2.45, 2.75) is 6.61 Å². The number of halogens is 1. The lowest BCUT2D eigenvalue weighted by Gasteiger charge is -2.13. The van der Waals surface area contributed by atoms with Crippen molar-refractivity contribution in [1.82, 2.24) is 4.98 Å². The molecule has 0 bridgehead atoms. The van der Waals surface area contributed by atoms with Crippen LogP contribution in [0.5, 0.6) is 5.75 Å². The summed E-state index contributed by atoms with van der Waals surface area (Å²) in [6.07, 6.45) is 3.20. The van der Waals surface area contributed by atoms with Crippen molar-refractivity contribution in [1.29, 1.82) is 0 Å². The van der Waals surface area contributed by atoms with Crippen LogP contribution in [0.4, 0.5) is 5.69 Å². The molecule has 1 aromatic heterocycles. The minimum atomic E-state index is -0.325. The molecule has 0 saturated heterocycles. The molecule has 6 heteroatoms. The number of rotatable bonds is 5. The van der Waals surface area contributed by atoms with Gasteiger partial charge in [0.25, 0.3) is 5.91 Å². The third kappa shape index (κ3) is 4.40. The van der Waals surface area contributed by atoms with Gasteiger partial charge in [0, 0.05) is 16.8 Å². The van der Waals surface area contributed by atoms with Crippen molar-refractivity contribution in [2.24, 2.45) is 0 Å². The molecular formula is C19H14BClN2O2. The van der Waals surface area contributed by atoms with Crippen LogP contribution in [-0.2, 0) is 6.61 Å². The van der Waals surface area contributed by atoms with Crippen LogP contribution in [0.25, 0.3) is 0 Å². The summed E-state index contributed by atoms with van der Waals surface area (Å²) in [5.74, 6) is 0.102. The highest BCUT2D eigenvalue weighted by Gasteiger charge is 2.14. The molecule has 1 N–H and O–H groups in total. The Morgan fingerprint density at radius 3 is 2.76 bits per heavy atom. The molecule has 1 heterocycles. The first-order valence-electron chi connectivity index (χ1n) is 7.60. The highest BCUT2D eigenvalue weighted by molar-refractivity contribution is 6.33. The summed E-state index contributed by atoms with van der Waals surface area (Å²) in [6.45, 7) is 0.247. The molecule has 3 rings (SSSR count). The molecule has 2 radical (unpaired) electrons. The molecule has 0 aliphatic rings. The number of aromatic nitrogens is 1. The highest BCUT2D eigenvalue weighted by Crippen LogP contribution is 2.22. The summed E-state index contributed by atoms with van der Waals surface area (Å²) < 4.78 is 5.80. The predicted molar refractivity (Wildman–Crippen MR) is 99.8 cm³/mol.